The number of rotatable bonds is 1. The number of carbonyl (C=O) groups excluding carboxylic acids is 1. The van der Waals surface area contributed by atoms with Crippen LogP contribution in [0.25, 0.3) is 10.9 Å². The fourth-order valence-corrected chi connectivity index (χ4v) is 3.90. The highest BCUT2D eigenvalue weighted by Gasteiger charge is 2.32. The predicted molar refractivity (Wildman–Crippen MR) is 89.6 cm³/mol. The molecule has 0 aliphatic carbocycles. The molecule has 0 bridgehead atoms. The van der Waals surface area contributed by atoms with Crippen LogP contribution in [0, 0.1) is 11.8 Å². The third kappa shape index (κ3) is 2.65. The van der Waals surface area contributed by atoms with Crippen molar-refractivity contribution in [3.05, 3.63) is 46.2 Å². The molecule has 5 heteroatoms. The minimum absolute atomic E-state index is 0.134. The molecular weight excluding hydrogens is 290 g/mol. The van der Waals surface area contributed by atoms with Gasteiger partial charge in [0, 0.05) is 18.6 Å². The van der Waals surface area contributed by atoms with Gasteiger partial charge in [-0.1, -0.05) is 18.2 Å². The number of nitrogens with one attached hydrogen (secondary N) is 2. The second-order valence-electron chi connectivity index (χ2n) is 6.65. The molecule has 2 aliphatic heterocycles. The first-order valence-electron chi connectivity index (χ1n) is 8.34. The van der Waals surface area contributed by atoms with Gasteiger partial charge < -0.3 is 15.2 Å². The SMILES string of the molecule is O=C(c1cc2ccccc2[nH]c1=O)N1CC[C@@H]2CNC[C@@H]2CC1. The number of para-hydroxylation sites is 1. The van der Waals surface area contributed by atoms with E-state index in [1.54, 1.807) is 6.07 Å². The molecule has 23 heavy (non-hydrogen) atoms. The fraction of sp³-hybridized carbons (Fsp3) is 0.444. The normalized spacial score (nSPS) is 24.4. The number of aromatic nitrogens is 1. The van der Waals surface area contributed by atoms with Gasteiger partial charge in [0.15, 0.2) is 0 Å². The fourth-order valence-electron chi connectivity index (χ4n) is 3.90. The number of aromatic amines is 1. The van der Waals surface area contributed by atoms with E-state index in [9.17, 15) is 9.59 Å². The summed E-state index contributed by atoms with van der Waals surface area (Å²) in [6.07, 6.45) is 2.05. The Morgan fingerprint density at radius 2 is 1.78 bits per heavy atom. The molecular formula is C18H21N3O2. The van der Waals surface area contributed by atoms with Crippen molar-refractivity contribution in [2.24, 2.45) is 11.8 Å². The van der Waals surface area contributed by atoms with Gasteiger partial charge in [-0.2, -0.15) is 0 Å². The lowest BCUT2D eigenvalue weighted by atomic mass is 9.92. The average molecular weight is 311 g/mol. The maximum atomic E-state index is 12.8. The number of nitrogens with zero attached hydrogens (tertiary/aromatic N) is 1. The molecule has 2 N–H and O–H groups in total. The van der Waals surface area contributed by atoms with Gasteiger partial charge in [0.25, 0.3) is 11.5 Å². The number of pyridine rings is 1. The van der Waals surface area contributed by atoms with Crippen LogP contribution in [0.4, 0.5) is 0 Å². The Labute approximate surface area is 134 Å². The number of benzene rings is 1. The molecule has 2 fully saturated rings. The molecule has 4 rings (SSSR count). The Bertz CT molecular complexity index is 784. The number of carbonyl (C=O) groups is 1. The first-order valence-corrected chi connectivity index (χ1v) is 8.34. The third-order valence-corrected chi connectivity index (χ3v) is 5.29. The molecule has 1 amide bonds. The molecule has 1 aromatic heterocycles. The van der Waals surface area contributed by atoms with E-state index in [-0.39, 0.29) is 17.0 Å². The summed E-state index contributed by atoms with van der Waals surface area (Å²) in [5.41, 5.74) is 0.735. The minimum atomic E-state index is -0.292. The highest BCUT2D eigenvalue weighted by atomic mass is 16.2. The average Bonchev–Trinajstić information content (AvgIpc) is 2.92. The topological polar surface area (TPSA) is 65.2 Å². The monoisotopic (exact) mass is 311 g/mol. The lowest BCUT2D eigenvalue weighted by Crippen LogP contribution is -2.36. The van der Waals surface area contributed by atoms with Crippen molar-refractivity contribution in [1.82, 2.24) is 15.2 Å². The van der Waals surface area contributed by atoms with Gasteiger partial charge in [-0.3, -0.25) is 9.59 Å². The zero-order valence-electron chi connectivity index (χ0n) is 13.0. The summed E-state index contributed by atoms with van der Waals surface area (Å²) in [7, 11) is 0. The van der Waals surface area contributed by atoms with E-state index in [4.69, 9.17) is 0 Å². The lowest BCUT2D eigenvalue weighted by Gasteiger charge is -2.20. The quantitative estimate of drug-likeness (QED) is 0.841. The highest BCUT2D eigenvalue weighted by Crippen LogP contribution is 2.27. The Hall–Kier alpha value is -2.14. The molecule has 3 heterocycles. The van der Waals surface area contributed by atoms with Crippen LogP contribution in [0.5, 0.6) is 0 Å². The van der Waals surface area contributed by atoms with Crippen LogP contribution in [0.3, 0.4) is 0 Å². The molecule has 0 saturated carbocycles. The summed E-state index contributed by atoms with van der Waals surface area (Å²) < 4.78 is 0. The molecule has 2 aromatic rings. The van der Waals surface area contributed by atoms with Gasteiger partial charge in [-0.25, -0.2) is 0 Å². The molecule has 2 atom stereocenters. The summed E-state index contributed by atoms with van der Waals surface area (Å²) in [4.78, 5) is 29.8. The Kier molecular flexibility index (Phi) is 3.65. The highest BCUT2D eigenvalue weighted by molar-refractivity contribution is 5.97. The molecule has 0 unspecified atom stereocenters. The van der Waals surface area contributed by atoms with E-state index in [2.05, 4.69) is 10.3 Å². The van der Waals surface area contributed by atoms with E-state index in [0.29, 0.717) is 11.8 Å². The smallest absolute Gasteiger partial charge is 0.261 e. The van der Waals surface area contributed by atoms with Gasteiger partial charge >= 0.3 is 0 Å². The van der Waals surface area contributed by atoms with Gasteiger partial charge in [0.1, 0.15) is 5.56 Å². The van der Waals surface area contributed by atoms with Gasteiger partial charge in [-0.15, -0.1) is 0 Å². The largest absolute Gasteiger partial charge is 0.338 e. The van der Waals surface area contributed by atoms with Crippen LogP contribution in [-0.4, -0.2) is 42.0 Å². The number of hydrogen-bond acceptors (Lipinski definition) is 3. The van der Waals surface area contributed by atoms with Crippen molar-refractivity contribution in [3.63, 3.8) is 0 Å². The van der Waals surface area contributed by atoms with Gasteiger partial charge in [0.2, 0.25) is 0 Å². The van der Waals surface area contributed by atoms with Crippen molar-refractivity contribution in [1.29, 1.82) is 0 Å². The second-order valence-corrected chi connectivity index (χ2v) is 6.65. The van der Waals surface area contributed by atoms with Crippen molar-refractivity contribution < 1.29 is 4.79 Å². The van der Waals surface area contributed by atoms with E-state index in [1.165, 1.54) is 0 Å². The van der Waals surface area contributed by atoms with Crippen LogP contribution >= 0.6 is 0 Å². The van der Waals surface area contributed by atoms with Crippen LogP contribution < -0.4 is 10.9 Å². The van der Waals surface area contributed by atoms with Crippen molar-refractivity contribution in [2.75, 3.05) is 26.2 Å². The number of hydrogen-bond donors (Lipinski definition) is 2. The number of fused-ring (bicyclic) bond motifs is 2. The molecule has 2 saturated heterocycles. The zero-order valence-corrected chi connectivity index (χ0v) is 13.0. The van der Waals surface area contributed by atoms with Crippen molar-refractivity contribution in [2.45, 2.75) is 12.8 Å². The van der Waals surface area contributed by atoms with E-state index < -0.39 is 0 Å². The first kappa shape index (κ1) is 14.5. The Morgan fingerprint density at radius 3 is 2.52 bits per heavy atom. The van der Waals surface area contributed by atoms with E-state index in [0.717, 1.165) is 49.9 Å². The standard InChI is InChI=1S/C18H21N3O2/c22-17-15(9-12-3-1-2-4-16(12)20-17)18(23)21-7-5-13-10-19-11-14(13)6-8-21/h1-4,9,13-14,19H,5-8,10-11H2,(H,20,22)/t13-,14+. The predicted octanol–water partition coefficient (Wildman–Crippen LogP) is 1.60. The molecule has 0 spiro atoms. The van der Waals surface area contributed by atoms with Crippen LogP contribution in [-0.2, 0) is 0 Å². The zero-order chi connectivity index (χ0) is 15.8. The van der Waals surface area contributed by atoms with Crippen LogP contribution in [0.2, 0.25) is 0 Å². The maximum absolute atomic E-state index is 12.8. The first-order chi connectivity index (χ1) is 11.2. The van der Waals surface area contributed by atoms with Gasteiger partial charge in [-0.05, 0) is 55.3 Å². The number of amides is 1. The van der Waals surface area contributed by atoms with Gasteiger partial charge in [0.05, 0.1) is 0 Å². The molecule has 120 valence electrons. The summed E-state index contributed by atoms with van der Waals surface area (Å²) >= 11 is 0. The van der Waals surface area contributed by atoms with Crippen LogP contribution in [0.1, 0.15) is 23.2 Å². The summed E-state index contributed by atoms with van der Waals surface area (Å²) in [5.74, 6) is 1.20. The minimum Gasteiger partial charge on any atom is -0.338 e. The summed E-state index contributed by atoms with van der Waals surface area (Å²) in [6.45, 7) is 3.61. The maximum Gasteiger partial charge on any atom is 0.261 e. The molecule has 2 aliphatic rings. The Balaban J connectivity index is 1.61. The summed E-state index contributed by atoms with van der Waals surface area (Å²) in [5, 5.41) is 4.33. The number of likely N-dealkylation sites (tertiary alicyclic amines) is 1. The molecule has 5 nitrogen and oxygen atoms in total. The third-order valence-electron chi connectivity index (χ3n) is 5.29. The van der Waals surface area contributed by atoms with Crippen molar-refractivity contribution in [3.8, 4) is 0 Å². The van der Waals surface area contributed by atoms with Crippen LogP contribution in [0.15, 0.2) is 35.1 Å². The van der Waals surface area contributed by atoms with E-state index >= 15 is 0 Å². The number of H-pyrrole nitrogens is 1. The lowest BCUT2D eigenvalue weighted by molar-refractivity contribution is 0.0757. The summed E-state index contributed by atoms with van der Waals surface area (Å²) in [6, 6.07) is 9.28. The van der Waals surface area contributed by atoms with Crippen molar-refractivity contribution >= 4 is 16.8 Å². The Morgan fingerprint density at radius 1 is 1.09 bits per heavy atom. The second kappa shape index (κ2) is 5.81. The molecule has 1 aromatic carbocycles. The van der Waals surface area contributed by atoms with E-state index in [1.807, 2.05) is 29.2 Å². The molecule has 0 radical (unpaired) electrons.